The molecule has 1 N–H and O–H groups in total. The number of aromatic nitrogens is 2. The lowest BCUT2D eigenvalue weighted by molar-refractivity contribution is 0.409. The number of nitrogens with one attached hydrogen (secondary N) is 1. The minimum absolute atomic E-state index is 0.332. The van der Waals surface area contributed by atoms with Crippen LogP contribution in [0.1, 0.15) is 12.1 Å². The van der Waals surface area contributed by atoms with Crippen molar-refractivity contribution in [2.45, 2.75) is 11.7 Å². The molecule has 3 rings (SSSR count). The van der Waals surface area contributed by atoms with Crippen LogP contribution in [-0.2, 0) is 0 Å². The first-order valence-electron chi connectivity index (χ1n) is 6.78. The molecular formula is C16H16FN3S. The van der Waals surface area contributed by atoms with Gasteiger partial charge in [-0.1, -0.05) is 12.0 Å². The molecule has 0 saturated carbocycles. The van der Waals surface area contributed by atoms with Crippen molar-refractivity contribution in [3.05, 3.63) is 40.8 Å². The number of thioether (sulfide) groups is 1. The molecule has 108 valence electrons. The zero-order valence-corrected chi connectivity index (χ0v) is 12.8. The van der Waals surface area contributed by atoms with Crippen molar-refractivity contribution in [3.8, 4) is 11.8 Å². The van der Waals surface area contributed by atoms with E-state index in [9.17, 15) is 4.39 Å². The first-order chi connectivity index (χ1) is 10.1. The monoisotopic (exact) mass is 301 g/mol. The highest BCUT2D eigenvalue weighted by Gasteiger charge is 2.17. The summed E-state index contributed by atoms with van der Waals surface area (Å²) < 4.78 is 13.1. The molecule has 1 unspecified atom stereocenters. The quantitative estimate of drug-likeness (QED) is 0.865. The summed E-state index contributed by atoms with van der Waals surface area (Å²) in [5.74, 6) is 5.95. The molecule has 0 fully saturated rings. The molecule has 0 aromatic carbocycles. The van der Waals surface area contributed by atoms with E-state index in [-0.39, 0.29) is 5.82 Å². The van der Waals surface area contributed by atoms with Gasteiger partial charge in [-0.05, 0) is 38.6 Å². The summed E-state index contributed by atoms with van der Waals surface area (Å²) in [7, 11) is 4.17. The number of hydrogen-bond donors (Lipinski definition) is 1. The highest BCUT2D eigenvalue weighted by Crippen LogP contribution is 2.31. The van der Waals surface area contributed by atoms with Gasteiger partial charge in [-0.15, -0.1) is 11.8 Å². The molecule has 0 spiro atoms. The third-order valence-electron chi connectivity index (χ3n) is 3.19. The summed E-state index contributed by atoms with van der Waals surface area (Å²) in [6, 6.07) is 3.29. The summed E-state index contributed by atoms with van der Waals surface area (Å²) in [4.78, 5) is 10.4. The molecule has 1 atom stereocenters. The van der Waals surface area contributed by atoms with Gasteiger partial charge in [0.15, 0.2) is 0 Å². The highest BCUT2D eigenvalue weighted by molar-refractivity contribution is 8.04. The Morgan fingerprint density at radius 2 is 2.29 bits per heavy atom. The Morgan fingerprint density at radius 1 is 1.43 bits per heavy atom. The predicted octanol–water partition coefficient (Wildman–Crippen LogP) is 3.00. The Labute approximate surface area is 127 Å². The molecule has 5 heteroatoms. The van der Waals surface area contributed by atoms with Crippen LogP contribution in [0.15, 0.2) is 29.3 Å². The van der Waals surface area contributed by atoms with Gasteiger partial charge in [0, 0.05) is 17.2 Å². The highest BCUT2D eigenvalue weighted by atomic mass is 32.2. The van der Waals surface area contributed by atoms with E-state index in [2.05, 4.69) is 46.9 Å². The second-order valence-electron chi connectivity index (χ2n) is 5.33. The van der Waals surface area contributed by atoms with Crippen LogP contribution in [0.5, 0.6) is 0 Å². The average Bonchev–Trinajstić information content (AvgIpc) is 3.01. The van der Waals surface area contributed by atoms with Gasteiger partial charge in [0.2, 0.25) is 0 Å². The Bertz CT molecular complexity index is 752. The Morgan fingerprint density at radius 3 is 3.10 bits per heavy atom. The first kappa shape index (κ1) is 14.2. The number of nitrogens with zero attached hydrogens (tertiary/aromatic N) is 2. The molecule has 1 aliphatic heterocycles. The molecule has 3 heterocycles. The fourth-order valence-corrected chi connectivity index (χ4v) is 3.53. The number of fused-ring (bicyclic) bond motifs is 1. The van der Waals surface area contributed by atoms with E-state index in [1.165, 1.54) is 12.3 Å². The van der Waals surface area contributed by atoms with E-state index in [0.717, 1.165) is 29.0 Å². The molecular weight excluding hydrogens is 285 g/mol. The molecule has 1 aliphatic rings. The van der Waals surface area contributed by atoms with E-state index in [1.807, 2.05) is 17.8 Å². The number of hydrogen-bond acceptors (Lipinski definition) is 3. The largest absolute Gasteiger partial charge is 0.333 e. The van der Waals surface area contributed by atoms with E-state index in [0.29, 0.717) is 10.9 Å². The molecule has 2 aromatic rings. The normalized spacial score (nSPS) is 17.9. The lowest BCUT2D eigenvalue weighted by atomic mass is 10.2. The molecule has 21 heavy (non-hydrogen) atoms. The van der Waals surface area contributed by atoms with E-state index in [1.54, 1.807) is 0 Å². The van der Waals surface area contributed by atoms with E-state index >= 15 is 0 Å². The molecule has 0 aliphatic carbocycles. The van der Waals surface area contributed by atoms with E-state index < -0.39 is 0 Å². The zero-order valence-electron chi connectivity index (χ0n) is 12.0. The predicted molar refractivity (Wildman–Crippen MR) is 85.6 cm³/mol. The van der Waals surface area contributed by atoms with Crippen molar-refractivity contribution in [1.82, 2.24) is 14.9 Å². The van der Waals surface area contributed by atoms with Crippen LogP contribution in [0.25, 0.3) is 11.0 Å². The van der Waals surface area contributed by atoms with Crippen molar-refractivity contribution in [1.29, 1.82) is 0 Å². The van der Waals surface area contributed by atoms with Crippen molar-refractivity contribution < 1.29 is 4.39 Å². The summed E-state index contributed by atoms with van der Waals surface area (Å²) in [5, 5.41) is 1.33. The second kappa shape index (κ2) is 5.92. The molecule has 3 nitrogen and oxygen atoms in total. The second-order valence-corrected chi connectivity index (χ2v) is 6.67. The van der Waals surface area contributed by atoms with E-state index in [4.69, 9.17) is 0 Å². The standard InChI is InChI=1S/C16H16FN3S/c1-20(2)10-15-6-5-14(21-15)4-3-13-8-11-7-12(17)9-18-16(11)19-13/h5,7-9,15H,6,10H2,1-2H3,(H,18,19). The van der Waals surface area contributed by atoms with Crippen molar-refractivity contribution in [2.24, 2.45) is 0 Å². The first-order valence-corrected chi connectivity index (χ1v) is 7.66. The smallest absolute Gasteiger partial charge is 0.142 e. The Kier molecular flexibility index (Phi) is 4.00. The molecule has 0 bridgehead atoms. The molecule has 0 amide bonds. The SMILES string of the molecule is CN(C)CC1CC=C(C#Cc2cc3cc(F)cnc3[nH]2)S1. The van der Waals surface area contributed by atoms with Crippen LogP contribution in [0.3, 0.4) is 0 Å². The van der Waals surface area contributed by atoms with Crippen LogP contribution in [0.2, 0.25) is 0 Å². The molecule has 0 saturated heterocycles. The summed E-state index contributed by atoms with van der Waals surface area (Å²) >= 11 is 1.82. The maximum Gasteiger partial charge on any atom is 0.142 e. The van der Waals surface area contributed by atoms with Crippen LogP contribution >= 0.6 is 11.8 Å². The minimum atomic E-state index is -0.332. The number of H-pyrrole nitrogens is 1. The number of allylic oxidation sites excluding steroid dienone is 2. The Hall–Kier alpha value is -1.77. The topological polar surface area (TPSA) is 31.9 Å². The zero-order chi connectivity index (χ0) is 14.8. The van der Waals surface area contributed by atoms with Gasteiger partial charge >= 0.3 is 0 Å². The van der Waals surface area contributed by atoms with Gasteiger partial charge in [-0.25, -0.2) is 9.37 Å². The number of pyridine rings is 1. The number of aromatic amines is 1. The summed E-state index contributed by atoms with van der Waals surface area (Å²) in [6.07, 6.45) is 4.45. The molecule has 2 aromatic heterocycles. The van der Waals surface area contributed by atoms with Gasteiger partial charge in [0.05, 0.1) is 16.8 Å². The summed E-state index contributed by atoms with van der Waals surface area (Å²) in [5.41, 5.74) is 1.43. The fraction of sp³-hybridized carbons (Fsp3) is 0.312. The van der Waals surface area contributed by atoms with Crippen LogP contribution in [-0.4, -0.2) is 40.8 Å². The van der Waals surface area contributed by atoms with Gasteiger partial charge in [0.25, 0.3) is 0 Å². The van der Waals surface area contributed by atoms with Gasteiger partial charge in [-0.3, -0.25) is 0 Å². The van der Waals surface area contributed by atoms with Crippen LogP contribution in [0.4, 0.5) is 4.39 Å². The third kappa shape index (κ3) is 3.46. The fourth-order valence-electron chi connectivity index (χ4n) is 2.30. The lowest BCUT2D eigenvalue weighted by Crippen LogP contribution is -2.21. The average molecular weight is 301 g/mol. The van der Waals surface area contributed by atoms with Gasteiger partial charge < -0.3 is 9.88 Å². The third-order valence-corrected chi connectivity index (χ3v) is 4.38. The maximum absolute atomic E-state index is 13.1. The van der Waals surface area contributed by atoms with Gasteiger partial charge in [0.1, 0.15) is 11.5 Å². The van der Waals surface area contributed by atoms with Crippen molar-refractivity contribution >= 4 is 22.8 Å². The van der Waals surface area contributed by atoms with Gasteiger partial charge in [-0.2, -0.15) is 0 Å². The maximum atomic E-state index is 13.1. The number of rotatable bonds is 2. The lowest BCUT2D eigenvalue weighted by Gasteiger charge is -2.14. The number of halogens is 1. The van der Waals surface area contributed by atoms with Crippen LogP contribution in [0, 0.1) is 17.7 Å². The van der Waals surface area contributed by atoms with Crippen LogP contribution < -0.4 is 0 Å². The van der Waals surface area contributed by atoms with Crippen molar-refractivity contribution in [2.75, 3.05) is 20.6 Å². The Balaban J connectivity index is 1.72. The summed E-state index contributed by atoms with van der Waals surface area (Å²) in [6.45, 7) is 1.06. The van der Waals surface area contributed by atoms with Crippen molar-refractivity contribution in [3.63, 3.8) is 0 Å². The minimum Gasteiger partial charge on any atom is -0.333 e. The molecule has 0 radical (unpaired) electrons.